The summed E-state index contributed by atoms with van der Waals surface area (Å²) in [7, 11) is 1.68. The van der Waals surface area contributed by atoms with Crippen LogP contribution in [0, 0.1) is 6.92 Å². The average Bonchev–Trinajstić information content (AvgIpc) is 2.68. The lowest BCUT2D eigenvalue weighted by molar-refractivity contribution is 0.414. The molecule has 1 heterocycles. The fourth-order valence-electron chi connectivity index (χ4n) is 3.13. The Kier molecular flexibility index (Phi) is 5.91. The van der Waals surface area contributed by atoms with E-state index in [0.29, 0.717) is 11.8 Å². The summed E-state index contributed by atoms with van der Waals surface area (Å²) in [6.45, 7) is 4.90. The molecule has 0 radical (unpaired) electrons. The molecule has 0 saturated heterocycles. The first-order valence-electron chi connectivity index (χ1n) is 9.12. The predicted octanol–water partition coefficient (Wildman–Crippen LogP) is 4.19. The Labute approximate surface area is 160 Å². The summed E-state index contributed by atoms with van der Waals surface area (Å²) in [6, 6.07) is 20.5. The molecule has 140 valence electrons. The number of hydrogen-bond donors (Lipinski definition) is 1. The van der Waals surface area contributed by atoms with Gasteiger partial charge in [-0.1, -0.05) is 42.5 Å². The van der Waals surface area contributed by atoms with E-state index in [0.717, 1.165) is 24.4 Å². The van der Waals surface area contributed by atoms with Crippen molar-refractivity contribution in [2.24, 2.45) is 0 Å². The van der Waals surface area contributed by atoms with Gasteiger partial charge >= 0.3 is 0 Å². The number of nitrogens with two attached hydrogens (primary N) is 1. The zero-order chi connectivity index (χ0) is 19.2. The Morgan fingerprint density at radius 3 is 2.37 bits per heavy atom. The topological polar surface area (TPSA) is 64.3 Å². The van der Waals surface area contributed by atoms with Crippen LogP contribution in [0.15, 0.2) is 60.7 Å². The summed E-state index contributed by atoms with van der Waals surface area (Å²) < 4.78 is 5.24. The molecular formula is C22H26N4O. The molecule has 3 rings (SSSR count). The number of hydrogen-bond acceptors (Lipinski definition) is 5. The molecule has 5 nitrogen and oxygen atoms in total. The molecule has 0 fully saturated rings. The lowest BCUT2D eigenvalue weighted by Crippen LogP contribution is -2.31. The van der Waals surface area contributed by atoms with Gasteiger partial charge in [-0.15, -0.1) is 0 Å². The minimum Gasteiger partial charge on any atom is -0.497 e. The van der Waals surface area contributed by atoms with Gasteiger partial charge in [0, 0.05) is 18.3 Å². The first-order chi connectivity index (χ1) is 13.1. The molecule has 2 aromatic carbocycles. The van der Waals surface area contributed by atoms with Crippen molar-refractivity contribution in [3.63, 3.8) is 0 Å². The van der Waals surface area contributed by atoms with Crippen molar-refractivity contribution in [3.8, 4) is 5.75 Å². The molecule has 0 spiro atoms. The maximum atomic E-state index is 5.98. The number of aryl methyl sites for hydroxylation is 1. The molecular weight excluding hydrogens is 336 g/mol. The van der Waals surface area contributed by atoms with Crippen LogP contribution in [0.25, 0.3) is 0 Å². The van der Waals surface area contributed by atoms with Crippen molar-refractivity contribution in [3.05, 3.63) is 77.5 Å². The zero-order valence-electron chi connectivity index (χ0n) is 16.1. The normalized spacial score (nSPS) is 11.8. The van der Waals surface area contributed by atoms with Gasteiger partial charge in [0.05, 0.1) is 13.2 Å². The molecule has 0 bridgehead atoms. The Bertz CT molecular complexity index is 845. The second kappa shape index (κ2) is 8.54. The van der Waals surface area contributed by atoms with E-state index in [4.69, 9.17) is 10.5 Å². The molecule has 0 unspecified atom stereocenters. The van der Waals surface area contributed by atoms with Crippen LogP contribution in [0.4, 0.5) is 11.8 Å². The van der Waals surface area contributed by atoms with Gasteiger partial charge in [-0.3, -0.25) is 0 Å². The van der Waals surface area contributed by atoms with Crippen LogP contribution >= 0.6 is 0 Å². The van der Waals surface area contributed by atoms with Crippen molar-refractivity contribution >= 4 is 11.8 Å². The predicted molar refractivity (Wildman–Crippen MR) is 110 cm³/mol. The van der Waals surface area contributed by atoms with Crippen molar-refractivity contribution in [1.29, 1.82) is 0 Å². The van der Waals surface area contributed by atoms with Crippen molar-refractivity contribution < 1.29 is 4.74 Å². The zero-order valence-corrected chi connectivity index (χ0v) is 16.1. The number of aromatic nitrogens is 2. The van der Waals surface area contributed by atoms with E-state index < -0.39 is 0 Å². The molecule has 0 amide bonds. The largest absolute Gasteiger partial charge is 0.497 e. The lowest BCUT2D eigenvalue weighted by atomic mass is 10.1. The highest BCUT2D eigenvalue weighted by molar-refractivity contribution is 5.43. The quantitative estimate of drug-likeness (QED) is 0.683. The van der Waals surface area contributed by atoms with Gasteiger partial charge in [0.2, 0.25) is 5.95 Å². The highest BCUT2D eigenvalue weighted by Gasteiger charge is 2.19. The van der Waals surface area contributed by atoms with Crippen LogP contribution in [0.2, 0.25) is 0 Å². The lowest BCUT2D eigenvalue weighted by Gasteiger charge is -2.30. The van der Waals surface area contributed by atoms with Gasteiger partial charge in [-0.25, -0.2) is 4.98 Å². The highest BCUT2D eigenvalue weighted by atomic mass is 16.5. The molecule has 27 heavy (non-hydrogen) atoms. The molecule has 0 aliphatic rings. The van der Waals surface area contributed by atoms with Crippen molar-refractivity contribution in [2.75, 3.05) is 24.3 Å². The monoisotopic (exact) mass is 362 g/mol. The second-order valence-electron chi connectivity index (χ2n) is 6.61. The van der Waals surface area contributed by atoms with Gasteiger partial charge in [0.25, 0.3) is 0 Å². The van der Waals surface area contributed by atoms with Crippen molar-refractivity contribution in [2.45, 2.75) is 26.3 Å². The maximum absolute atomic E-state index is 5.98. The third-order valence-electron chi connectivity index (χ3n) is 4.67. The molecule has 1 atom stereocenters. The van der Waals surface area contributed by atoms with Crippen molar-refractivity contribution in [1.82, 2.24) is 9.97 Å². The SMILES string of the molecule is COc1ccc(CCN(c2nc(C)cc(N)n2)[C@@H](C)c2ccccc2)cc1. The highest BCUT2D eigenvalue weighted by Crippen LogP contribution is 2.25. The third kappa shape index (κ3) is 4.76. The summed E-state index contributed by atoms with van der Waals surface area (Å²) in [5.41, 5.74) is 9.31. The van der Waals surface area contributed by atoms with Crippen LogP contribution < -0.4 is 15.4 Å². The molecule has 0 aliphatic heterocycles. The van der Waals surface area contributed by atoms with E-state index in [1.807, 2.05) is 25.1 Å². The van der Waals surface area contributed by atoms with E-state index in [2.05, 4.69) is 58.2 Å². The van der Waals surface area contributed by atoms with E-state index in [1.165, 1.54) is 11.1 Å². The molecule has 0 aliphatic carbocycles. The Hall–Kier alpha value is -3.08. The fourth-order valence-corrected chi connectivity index (χ4v) is 3.13. The molecule has 5 heteroatoms. The number of nitrogen functional groups attached to an aromatic ring is 1. The van der Waals surface area contributed by atoms with Crippen LogP contribution in [-0.2, 0) is 6.42 Å². The third-order valence-corrected chi connectivity index (χ3v) is 4.67. The summed E-state index contributed by atoms with van der Waals surface area (Å²) in [5.74, 6) is 2.02. The Morgan fingerprint density at radius 2 is 1.74 bits per heavy atom. The van der Waals surface area contributed by atoms with E-state index in [-0.39, 0.29) is 6.04 Å². The summed E-state index contributed by atoms with van der Waals surface area (Å²) in [6.07, 6.45) is 0.873. The fraction of sp³-hybridized carbons (Fsp3) is 0.273. The summed E-state index contributed by atoms with van der Waals surface area (Å²) >= 11 is 0. The van der Waals surface area contributed by atoms with Crippen LogP contribution in [0.1, 0.15) is 29.8 Å². The van der Waals surface area contributed by atoms with Crippen LogP contribution in [0.5, 0.6) is 5.75 Å². The minimum absolute atomic E-state index is 0.130. The van der Waals surface area contributed by atoms with E-state index in [9.17, 15) is 0 Å². The van der Waals surface area contributed by atoms with Crippen LogP contribution in [-0.4, -0.2) is 23.6 Å². The Balaban J connectivity index is 1.86. The molecule has 0 saturated carbocycles. The molecule has 1 aromatic heterocycles. The standard InChI is InChI=1S/C22H26N4O/c1-16-15-21(23)25-22(24-16)26(17(2)19-7-5-4-6-8-19)14-13-18-9-11-20(27-3)12-10-18/h4-12,15,17H,13-14H2,1-3H3,(H2,23,24,25)/t17-/m0/s1. The second-order valence-corrected chi connectivity index (χ2v) is 6.61. The maximum Gasteiger partial charge on any atom is 0.228 e. The number of benzene rings is 2. The minimum atomic E-state index is 0.130. The van der Waals surface area contributed by atoms with Gasteiger partial charge < -0.3 is 15.4 Å². The number of nitrogens with zero attached hydrogens (tertiary/aromatic N) is 3. The van der Waals surface area contributed by atoms with Crippen LogP contribution in [0.3, 0.4) is 0 Å². The average molecular weight is 362 g/mol. The first kappa shape index (κ1) is 18.7. The summed E-state index contributed by atoms with van der Waals surface area (Å²) in [4.78, 5) is 11.3. The Morgan fingerprint density at radius 1 is 1.04 bits per heavy atom. The number of rotatable bonds is 7. The van der Waals surface area contributed by atoms with Gasteiger partial charge in [0.1, 0.15) is 11.6 Å². The van der Waals surface area contributed by atoms with Gasteiger partial charge in [-0.05, 0) is 43.5 Å². The van der Waals surface area contributed by atoms with Gasteiger partial charge in [0.15, 0.2) is 0 Å². The van der Waals surface area contributed by atoms with E-state index >= 15 is 0 Å². The molecule has 3 aromatic rings. The number of ether oxygens (including phenoxy) is 1. The summed E-state index contributed by atoms with van der Waals surface area (Å²) in [5, 5.41) is 0. The number of methoxy groups -OCH3 is 1. The number of anilines is 2. The molecule has 2 N–H and O–H groups in total. The first-order valence-corrected chi connectivity index (χ1v) is 9.12. The van der Waals surface area contributed by atoms with E-state index in [1.54, 1.807) is 13.2 Å². The van der Waals surface area contributed by atoms with Gasteiger partial charge in [-0.2, -0.15) is 4.98 Å². The smallest absolute Gasteiger partial charge is 0.228 e.